The third kappa shape index (κ3) is 3.94. The van der Waals surface area contributed by atoms with Crippen LogP contribution >= 0.6 is 0 Å². The summed E-state index contributed by atoms with van der Waals surface area (Å²) in [4.78, 5) is 17.0. The molecule has 0 bridgehead atoms. The van der Waals surface area contributed by atoms with Gasteiger partial charge in [0.05, 0.1) is 17.6 Å². The first-order valence-corrected chi connectivity index (χ1v) is 8.94. The van der Waals surface area contributed by atoms with Gasteiger partial charge in [-0.25, -0.2) is 8.42 Å². The predicted molar refractivity (Wildman–Crippen MR) is 97.4 cm³/mol. The van der Waals surface area contributed by atoms with Crippen molar-refractivity contribution in [2.75, 3.05) is 25.1 Å². The van der Waals surface area contributed by atoms with Gasteiger partial charge < -0.3 is 9.88 Å². The zero-order valence-electron chi connectivity index (χ0n) is 13.8. The van der Waals surface area contributed by atoms with Crippen LogP contribution in [-0.2, 0) is 10.0 Å². The van der Waals surface area contributed by atoms with E-state index in [1.165, 1.54) is 6.20 Å². The number of aromatic amines is 1. The molecule has 2 N–H and O–H groups in total. The smallest absolute Gasteiger partial charge is 0.229 e. The number of hydrogen-bond acceptors (Lipinski definition) is 5. The maximum Gasteiger partial charge on any atom is 0.229 e. The van der Waals surface area contributed by atoms with E-state index < -0.39 is 15.8 Å². The molecule has 2 aromatic rings. The Morgan fingerprint density at radius 1 is 1.38 bits per heavy atom. The number of nitrogens with zero attached hydrogens (tertiary/aromatic N) is 2. The second-order valence-corrected chi connectivity index (χ2v) is 7.51. The predicted octanol–water partition coefficient (Wildman–Crippen LogP) is 2.49. The molecule has 1 aromatic heterocycles. The van der Waals surface area contributed by atoms with Crippen LogP contribution in [0.4, 0.5) is 5.69 Å². The van der Waals surface area contributed by atoms with E-state index in [-0.39, 0.29) is 14.1 Å². The lowest BCUT2D eigenvalue weighted by Crippen LogP contribution is -2.10. The average molecular weight is 350 g/mol. The van der Waals surface area contributed by atoms with E-state index in [0.717, 1.165) is 17.2 Å². The van der Waals surface area contributed by atoms with Gasteiger partial charge in [-0.05, 0) is 30.7 Å². The lowest BCUT2D eigenvalue weighted by Gasteiger charge is -2.07. The number of rotatable bonds is 5. The standard InChI is InChI=1S/C16H18N4O3S.2H2/c1-10-5-11-6-15(16(21)12(8-17)9-20(2)3)18-14(11)7-13(10)19-24(4,22)23;;/h5-7,9,18-19H,1-4H3;2*1H/b12-9+;;. The van der Waals surface area contributed by atoms with Gasteiger partial charge in [-0.2, -0.15) is 5.26 Å². The van der Waals surface area contributed by atoms with E-state index in [1.807, 2.05) is 6.07 Å². The molecule has 7 nitrogen and oxygen atoms in total. The third-order valence-corrected chi connectivity index (χ3v) is 3.85. The molecule has 1 aromatic carbocycles. The third-order valence-electron chi connectivity index (χ3n) is 3.26. The highest BCUT2D eigenvalue weighted by molar-refractivity contribution is 7.92. The molecule has 0 spiro atoms. The Labute approximate surface area is 143 Å². The van der Waals surface area contributed by atoms with Crippen molar-refractivity contribution in [2.24, 2.45) is 0 Å². The molecule has 0 atom stereocenters. The Hall–Kier alpha value is -2.79. The molecule has 1 heterocycles. The highest BCUT2D eigenvalue weighted by Gasteiger charge is 2.16. The minimum absolute atomic E-state index is 0. The van der Waals surface area contributed by atoms with Crippen molar-refractivity contribution in [1.82, 2.24) is 9.88 Å². The monoisotopic (exact) mass is 350 g/mol. The van der Waals surface area contributed by atoms with Crippen molar-refractivity contribution >= 4 is 32.4 Å². The number of anilines is 1. The minimum atomic E-state index is -3.40. The van der Waals surface area contributed by atoms with E-state index >= 15 is 0 Å². The fourth-order valence-corrected chi connectivity index (χ4v) is 2.89. The number of benzene rings is 1. The second-order valence-electron chi connectivity index (χ2n) is 5.76. The van der Waals surface area contributed by atoms with Crippen LogP contribution in [-0.4, -0.2) is 44.4 Å². The number of Topliss-reactive ketones (excluding diaryl/α,β-unsaturated/α-hetero) is 1. The number of aromatic nitrogens is 1. The molecule has 0 aliphatic carbocycles. The van der Waals surface area contributed by atoms with Crippen molar-refractivity contribution < 1.29 is 16.1 Å². The molecule has 0 amide bonds. The summed E-state index contributed by atoms with van der Waals surface area (Å²) < 4.78 is 25.3. The number of sulfonamides is 1. The summed E-state index contributed by atoms with van der Waals surface area (Å²) in [5, 5.41) is 9.90. The Kier molecular flexibility index (Phi) is 4.66. The van der Waals surface area contributed by atoms with Gasteiger partial charge in [-0.1, -0.05) is 0 Å². The number of hydrogen-bond donors (Lipinski definition) is 2. The molecule has 130 valence electrons. The number of aryl methyl sites for hydroxylation is 1. The van der Waals surface area contributed by atoms with Crippen molar-refractivity contribution in [3.8, 4) is 6.07 Å². The highest BCUT2D eigenvalue weighted by Crippen LogP contribution is 2.25. The van der Waals surface area contributed by atoms with E-state index in [4.69, 9.17) is 5.26 Å². The number of ketones is 1. The number of fused-ring (bicyclic) bond motifs is 1. The fraction of sp³-hybridized carbons (Fsp3) is 0.250. The molecule has 24 heavy (non-hydrogen) atoms. The van der Waals surface area contributed by atoms with Gasteiger partial charge in [0.1, 0.15) is 11.6 Å². The van der Waals surface area contributed by atoms with Gasteiger partial charge in [0.2, 0.25) is 15.8 Å². The first-order chi connectivity index (χ1) is 11.1. The SMILES string of the molecule is Cc1cc2cc(C(=O)/C(C#N)=C/N(C)C)[nH]c2cc1NS(C)(=O)=O.[HH].[HH]. The van der Waals surface area contributed by atoms with Crippen LogP contribution in [0.5, 0.6) is 0 Å². The maximum absolute atomic E-state index is 12.4. The normalized spacial score (nSPS) is 12.0. The minimum Gasteiger partial charge on any atom is -0.382 e. The van der Waals surface area contributed by atoms with Crippen molar-refractivity contribution in [3.05, 3.63) is 41.2 Å². The summed E-state index contributed by atoms with van der Waals surface area (Å²) in [5.74, 6) is -0.419. The van der Waals surface area contributed by atoms with Crippen LogP contribution in [0, 0.1) is 18.3 Å². The van der Waals surface area contributed by atoms with Gasteiger partial charge in [0.25, 0.3) is 0 Å². The molecular formula is C16H22N4O3S. The molecule has 0 saturated heterocycles. The average Bonchev–Trinajstić information content (AvgIpc) is 2.85. The van der Waals surface area contributed by atoms with Gasteiger partial charge in [0.15, 0.2) is 0 Å². The summed E-state index contributed by atoms with van der Waals surface area (Å²) in [6, 6.07) is 6.94. The Balaban J connectivity index is 0.00000312. The second kappa shape index (κ2) is 6.37. The van der Waals surface area contributed by atoms with Gasteiger partial charge >= 0.3 is 0 Å². The number of carbonyl (C=O) groups is 1. The molecule has 2 rings (SSSR count). The quantitative estimate of drug-likeness (QED) is 0.489. The number of nitriles is 1. The lowest BCUT2D eigenvalue weighted by atomic mass is 10.1. The zero-order valence-corrected chi connectivity index (χ0v) is 14.7. The summed E-state index contributed by atoms with van der Waals surface area (Å²) in [6.45, 7) is 1.77. The van der Waals surface area contributed by atoms with Crippen molar-refractivity contribution in [2.45, 2.75) is 6.92 Å². The van der Waals surface area contributed by atoms with Gasteiger partial charge in [-0.15, -0.1) is 0 Å². The molecule has 0 fully saturated rings. The Morgan fingerprint density at radius 3 is 2.58 bits per heavy atom. The van der Waals surface area contributed by atoms with Crippen LogP contribution in [0.3, 0.4) is 0 Å². The molecule has 0 unspecified atom stereocenters. The van der Waals surface area contributed by atoms with Crippen LogP contribution < -0.4 is 4.72 Å². The fourth-order valence-electron chi connectivity index (χ4n) is 2.27. The summed E-state index contributed by atoms with van der Waals surface area (Å²) >= 11 is 0. The molecule has 0 saturated carbocycles. The summed E-state index contributed by atoms with van der Waals surface area (Å²) in [7, 11) is 0.0518. The van der Waals surface area contributed by atoms with E-state index in [1.54, 1.807) is 44.1 Å². The van der Waals surface area contributed by atoms with Crippen LogP contribution in [0.2, 0.25) is 0 Å². The van der Waals surface area contributed by atoms with Crippen LogP contribution in [0.1, 0.15) is 18.9 Å². The first kappa shape index (κ1) is 17.6. The first-order valence-electron chi connectivity index (χ1n) is 7.05. The molecule has 0 radical (unpaired) electrons. The molecule has 0 aliphatic heterocycles. The molecular weight excluding hydrogens is 328 g/mol. The van der Waals surface area contributed by atoms with E-state index in [2.05, 4.69) is 9.71 Å². The Morgan fingerprint density at radius 2 is 2.04 bits per heavy atom. The lowest BCUT2D eigenvalue weighted by molar-refractivity contribution is 0.103. The van der Waals surface area contributed by atoms with Crippen molar-refractivity contribution in [3.63, 3.8) is 0 Å². The Bertz CT molecular complexity index is 989. The largest absolute Gasteiger partial charge is 0.382 e. The number of nitrogens with one attached hydrogen (secondary N) is 2. The number of H-pyrrole nitrogens is 1. The summed E-state index contributed by atoms with van der Waals surface area (Å²) in [6.07, 6.45) is 2.53. The number of carbonyl (C=O) groups excluding carboxylic acids is 1. The van der Waals surface area contributed by atoms with Gasteiger partial charge in [0, 0.05) is 34.1 Å². The van der Waals surface area contributed by atoms with Crippen molar-refractivity contribution in [1.29, 1.82) is 5.26 Å². The topological polar surface area (TPSA) is 106 Å². The van der Waals surface area contributed by atoms with E-state index in [9.17, 15) is 13.2 Å². The molecule has 8 heteroatoms. The van der Waals surface area contributed by atoms with Crippen LogP contribution in [0.15, 0.2) is 30.0 Å². The number of allylic oxidation sites excluding steroid dienone is 1. The summed E-state index contributed by atoms with van der Waals surface area (Å²) in [5.41, 5.74) is 2.07. The highest BCUT2D eigenvalue weighted by atomic mass is 32.2. The van der Waals surface area contributed by atoms with E-state index in [0.29, 0.717) is 11.2 Å². The van der Waals surface area contributed by atoms with Gasteiger partial charge in [-0.3, -0.25) is 9.52 Å². The maximum atomic E-state index is 12.4. The molecule has 0 aliphatic rings. The van der Waals surface area contributed by atoms with Crippen LogP contribution in [0.25, 0.3) is 10.9 Å². The zero-order chi connectivity index (χ0) is 18.1.